The molecule has 6 nitrogen and oxygen atoms in total. The molecule has 0 aliphatic rings. The van der Waals surface area contributed by atoms with Gasteiger partial charge in [0.2, 0.25) is 0 Å². The van der Waals surface area contributed by atoms with Crippen molar-refractivity contribution in [2.45, 2.75) is 26.7 Å². The molecular weight excluding hydrogens is 258 g/mol. The highest BCUT2D eigenvalue weighted by atomic mass is 16.5. The van der Waals surface area contributed by atoms with Gasteiger partial charge in [-0.25, -0.2) is 9.59 Å². The van der Waals surface area contributed by atoms with Crippen molar-refractivity contribution in [2.75, 3.05) is 24.3 Å². The first-order valence-electron chi connectivity index (χ1n) is 6.57. The number of anilines is 2. The summed E-state index contributed by atoms with van der Waals surface area (Å²) in [6.07, 6.45) is 1.42. The lowest BCUT2D eigenvalue weighted by Crippen LogP contribution is -2.29. The fourth-order valence-electron chi connectivity index (χ4n) is 1.55. The molecule has 0 aliphatic heterocycles. The minimum atomic E-state index is -0.549. The van der Waals surface area contributed by atoms with Gasteiger partial charge in [0.05, 0.1) is 7.11 Å². The highest BCUT2D eigenvalue weighted by molar-refractivity contribution is 5.92. The maximum absolute atomic E-state index is 11.7. The standard InChI is InChI=1S/C14H21N3O3/c1-4-5-8-15-13(18)17-12-9-11(7-6-10(12)2)16-14(19)20-3/h6-7,9H,4-5,8H2,1-3H3,(H,16,19)(H2,15,17,18). The Bertz CT molecular complexity index is 475. The van der Waals surface area contributed by atoms with Crippen LogP contribution in [0.25, 0.3) is 0 Å². The van der Waals surface area contributed by atoms with Crippen molar-refractivity contribution >= 4 is 23.5 Å². The maximum atomic E-state index is 11.7. The Morgan fingerprint density at radius 2 is 2.00 bits per heavy atom. The molecule has 0 heterocycles. The zero-order valence-electron chi connectivity index (χ0n) is 12.1. The molecule has 6 heteroatoms. The second-order valence-electron chi connectivity index (χ2n) is 4.38. The van der Waals surface area contributed by atoms with Gasteiger partial charge in [-0.2, -0.15) is 0 Å². The van der Waals surface area contributed by atoms with E-state index in [9.17, 15) is 9.59 Å². The summed E-state index contributed by atoms with van der Waals surface area (Å²) in [5.41, 5.74) is 2.12. The number of hydrogen-bond donors (Lipinski definition) is 3. The third-order valence-corrected chi connectivity index (χ3v) is 2.73. The third-order valence-electron chi connectivity index (χ3n) is 2.73. The Morgan fingerprint density at radius 1 is 1.25 bits per heavy atom. The van der Waals surface area contributed by atoms with Gasteiger partial charge >= 0.3 is 12.1 Å². The molecule has 0 radical (unpaired) electrons. The number of rotatable bonds is 5. The highest BCUT2D eigenvalue weighted by Crippen LogP contribution is 2.20. The molecule has 0 bridgehead atoms. The van der Waals surface area contributed by atoms with Crippen molar-refractivity contribution in [1.82, 2.24) is 5.32 Å². The molecule has 0 unspecified atom stereocenters. The van der Waals surface area contributed by atoms with E-state index in [1.807, 2.05) is 13.0 Å². The molecule has 0 atom stereocenters. The van der Waals surface area contributed by atoms with Crippen LogP contribution in [0.15, 0.2) is 18.2 Å². The molecule has 0 fully saturated rings. The van der Waals surface area contributed by atoms with Crippen molar-refractivity contribution in [1.29, 1.82) is 0 Å². The maximum Gasteiger partial charge on any atom is 0.411 e. The topological polar surface area (TPSA) is 79.5 Å². The number of unbranched alkanes of at least 4 members (excludes halogenated alkanes) is 1. The van der Waals surface area contributed by atoms with Gasteiger partial charge in [-0.15, -0.1) is 0 Å². The molecule has 0 saturated heterocycles. The summed E-state index contributed by atoms with van der Waals surface area (Å²) in [5.74, 6) is 0. The number of amides is 3. The first-order chi connectivity index (χ1) is 9.56. The van der Waals surface area contributed by atoms with Crippen LogP contribution in [0, 0.1) is 6.92 Å². The molecule has 1 aromatic carbocycles. The van der Waals surface area contributed by atoms with E-state index in [1.54, 1.807) is 12.1 Å². The summed E-state index contributed by atoms with van der Waals surface area (Å²) in [4.78, 5) is 22.8. The second-order valence-corrected chi connectivity index (χ2v) is 4.38. The minimum absolute atomic E-state index is 0.253. The zero-order chi connectivity index (χ0) is 15.0. The fraction of sp³-hybridized carbons (Fsp3) is 0.429. The van der Waals surface area contributed by atoms with Crippen LogP contribution < -0.4 is 16.0 Å². The first kappa shape index (κ1) is 15.8. The summed E-state index contributed by atoms with van der Waals surface area (Å²) < 4.78 is 4.52. The van der Waals surface area contributed by atoms with Gasteiger partial charge < -0.3 is 15.4 Å². The lowest BCUT2D eigenvalue weighted by molar-refractivity contribution is 0.187. The van der Waals surface area contributed by atoms with Gasteiger partial charge in [0.15, 0.2) is 0 Å². The molecule has 1 aromatic rings. The van der Waals surface area contributed by atoms with E-state index < -0.39 is 6.09 Å². The summed E-state index contributed by atoms with van der Waals surface area (Å²) in [7, 11) is 1.30. The van der Waals surface area contributed by atoms with E-state index in [0.29, 0.717) is 17.9 Å². The van der Waals surface area contributed by atoms with Crippen LogP contribution in [0.4, 0.5) is 21.0 Å². The normalized spacial score (nSPS) is 9.75. The average Bonchev–Trinajstić information content (AvgIpc) is 2.42. The van der Waals surface area contributed by atoms with Crippen molar-refractivity contribution in [3.05, 3.63) is 23.8 Å². The fourth-order valence-corrected chi connectivity index (χ4v) is 1.55. The van der Waals surface area contributed by atoms with Crippen LogP contribution in [0.1, 0.15) is 25.3 Å². The third kappa shape index (κ3) is 5.17. The van der Waals surface area contributed by atoms with Gasteiger partial charge in [-0.3, -0.25) is 5.32 Å². The monoisotopic (exact) mass is 279 g/mol. The number of carbonyl (C=O) groups is 2. The number of carbonyl (C=O) groups excluding carboxylic acids is 2. The minimum Gasteiger partial charge on any atom is -0.453 e. The second kappa shape index (κ2) is 8.04. The van der Waals surface area contributed by atoms with Crippen molar-refractivity contribution in [2.24, 2.45) is 0 Å². The number of methoxy groups -OCH3 is 1. The van der Waals surface area contributed by atoms with Crippen LogP contribution in [-0.4, -0.2) is 25.8 Å². The van der Waals surface area contributed by atoms with Gasteiger partial charge in [0.1, 0.15) is 0 Å². The number of benzene rings is 1. The lowest BCUT2D eigenvalue weighted by atomic mass is 10.2. The van der Waals surface area contributed by atoms with E-state index >= 15 is 0 Å². The highest BCUT2D eigenvalue weighted by Gasteiger charge is 2.07. The van der Waals surface area contributed by atoms with E-state index in [-0.39, 0.29) is 6.03 Å². The molecule has 0 aliphatic carbocycles. The molecular formula is C14H21N3O3. The van der Waals surface area contributed by atoms with Crippen LogP contribution in [0.5, 0.6) is 0 Å². The van der Waals surface area contributed by atoms with E-state index in [4.69, 9.17) is 0 Å². The van der Waals surface area contributed by atoms with Crippen molar-refractivity contribution in [3.8, 4) is 0 Å². The predicted molar refractivity (Wildman–Crippen MR) is 79.1 cm³/mol. The number of ether oxygens (including phenoxy) is 1. The lowest BCUT2D eigenvalue weighted by Gasteiger charge is -2.12. The van der Waals surface area contributed by atoms with Crippen LogP contribution >= 0.6 is 0 Å². The molecule has 0 spiro atoms. The van der Waals surface area contributed by atoms with Gasteiger partial charge in [0.25, 0.3) is 0 Å². The van der Waals surface area contributed by atoms with Gasteiger partial charge in [-0.1, -0.05) is 19.4 Å². The van der Waals surface area contributed by atoms with Crippen LogP contribution in [0.3, 0.4) is 0 Å². The Morgan fingerprint density at radius 3 is 2.65 bits per heavy atom. The molecule has 0 saturated carbocycles. The van der Waals surface area contributed by atoms with Crippen molar-refractivity contribution in [3.63, 3.8) is 0 Å². The number of urea groups is 1. The number of hydrogen-bond acceptors (Lipinski definition) is 3. The van der Waals surface area contributed by atoms with Crippen LogP contribution in [0.2, 0.25) is 0 Å². The Hall–Kier alpha value is -2.24. The Labute approximate surface area is 118 Å². The quantitative estimate of drug-likeness (QED) is 0.725. The SMILES string of the molecule is CCCCNC(=O)Nc1cc(NC(=O)OC)ccc1C. The van der Waals surface area contributed by atoms with Crippen molar-refractivity contribution < 1.29 is 14.3 Å². The Kier molecular flexibility index (Phi) is 6.36. The first-order valence-corrected chi connectivity index (χ1v) is 6.57. The smallest absolute Gasteiger partial charge is 0.411 e. The summed E-state index contributed by atoms with van der Waals surface area (Å²) >= 11 is 0. The van der Waals surface area contributed by atoms with Gasteiger partial charge in [0, 0.05) is 17.9 Å². The van der Waals surface area contributed by atoms with E-state index in [2.05, 4.69) is 27.6 Å². The van der Waals surface area contributed by atoms with E-state index in [1.165, 1.54) is 7.11 Å². The molecule has 0 aromatic heterocycles. The summed E-state index contributed by atoms with van der Waals surface area (Å²) in [6, 6.07) is 4.99. The van der Waals surface area contributed by atoms with E-state index in [0.717, 1.165) is 18.4 Å². The molecule has 3 amide bonds. The molecule has 1 rings (SSSR count). The Balaban J connectivity index is 2.66. The molecule has 110 valence electrons. The largest absolute Gasteiger partial charge is 0.453 e. The van der Waals surface area contributed by atoms with Gasteiger partial charge in [-0.05, 0) is 31.0 Å². The zero-order valence-corrected chi connectivity index (χ0v) is 12.1. The summed E-state index contributed by atoms with van der Waals surface area (Å²) in [6.45, 7) is 4.58. The number of nitrogens with one attached hydrogen (secondary N) is 3. The summed E-state index contributed by atoms with van der Waals surface area (Å²) in [5, 5.41) is 8.08. The van der Waals surface area contributed by atoms with Crippen LogP contribution in [-0.2, 0) is 4.74 Å². The molecule has 3 N–H and O–H groups in total. The average molecular weight is 279 g/mol. The number of aryl methyl sites for hydroxylation is 1. The predicted octanol–water partition coefficient (Wildman–Crippen LogP) is 3.09. The molecule has 20 heavy (non-hydrogen) atoms.